The molecule has 0 aliphatic heterocycles. The molecule has 0 saturated heterocycles. The van der Waals surface area contributed by atoms with Crippen molar-refractivity contribution in [3.8, 4) is 17.1 Å². The molecule has 0 unspecified atom stereocenters. The fourth-order valence-electron chi connectivity index (χ4n) is 7.54. The molecule has 0 radical (unpaired) electrons. The first-order valence-corrected chi connectivity index (χ1v) is 15.5. The van der Waals surface area contributed by atoms with Crippen LogP contribution in [0.1, 0.15) is 0 Å². The number of nitrogens with zero attached hydrogens (tertiary/aromatic N) is 3. The summed E-state index contributed by atoms with van der Waals surface area (Å²) in [6.45, 7) is 0. The minimum atomic E-state index is 1.14. The van der Waals surface area contributed by atoms with Crippen LogP contribution in [0.2, 0.25) is 0 Å². The fraction of sp³-hybridized carbons (Fsp3) is 0. The SMILES string of the molecule is c1ccc(-n2c3ccccc3c3cc4c5ccccc5n(-c5cccc(-n6c7ccccc7c7ccccc76)c5)c4cc32)cc1. The van der Waals surface area contributed by atoms with Crippen LogP contribution in [-0.2, 0) is 0 Å². The maximum Gasteiger partial charge on any atom is 0.0562 e. The van der Waals surface area contributed by atoms with Gasteiger partial charge in [0, 0.05) is 49.4 Å². The Labute approximate surface area is 259 Å². The van der Waals surface area contributed by atoms with Crippen LogP contribution in [0.5, 0.6) is 0 Å². The van der Waals surface area contributed by atoms with E-state index in [0.717, 1.165) is 11.4 Å². The lowest BCUT2D eigenvalue weighted by molar-refractivity contribution is 1.13. The molecular weight excluding hydrogens is 546 g/mol. The molecule has 45 heavy (non-hydrogen) atoms. The van der Waals surface area contributed by atoms with Gasteiger partial charge in [0.15, 0.2) is 0 Å². The summed E-state index contributed by atoms with van der Waals surface area (Å²) in [5.74, 6) is 0. The molecule has 0 aliphatic carbocycles. The Bertz CT molecular complexity index is 2700. The summed E-state index contributed by atoms with van der Waals surface area (Å²) >= 11 is 0. The van der Waals surface area contributed by atoms with Gasteiger partial charge in [-0.1, -0.05) is 97.1 Å². The van der Waals surface area contributed by atoms with Crippen LogP contribution in [0.15, 0.2) is 164 Å². The molecule has 0 saturated carbocycles. The van der Waals surface area contributed by atoms with E-state index in [4.69, 9.17) is 0 Å². The second-order valence-electron chi connectivity index (χ2n) is 11.8. The summed E-state index contributed by atoms with van der Waals surface area (Å²) in [6, 6.07) is 59.5. The lowest BCUT2D eigenvalue weighted by Crippen LogP contribution is -1.99. The third-order valence-corrected chi connectivity index (χ3v) is 9.41. The zero-order valence-electron chi connectivity index (χ0n) is 24.4. The Morgan fingerprint density at radius 1 is 0.222 bits per heavy atom. The zero-order chi connectivity index (χ0) is 29.5. The van der Waals surface area contributed by atoms with Gasteiger partial charge in [-0.05, 0) is 66.7 Å². The van der Waals surface area contributed by atoms with Gasteiger partial charge < -0.3 is 13.7 Å². The second kappa shape index (κ2) is 9.22. The number of para-hydroxylation sites is 5. The van der Waals surface area contributed by atoms with E-state index >= 15 is 0 Å². The highest BCUT2D eigenvalue weighted by Crippen LogP contribution is 2.40. The first-order valence-electron chi connectivity index (χ1n) is 15.5. The van der Waals surface area contributed by atoms with Gasteiger partial charge >= 0.3 is 0 Å². The van der Waals surface area contributed by atoms with E-state index in [1.165, 1.54) is 71.1 Å². The number of fused-ring (bicyclic) bond motifs is 9. The average molecular weight is 574 g/mol. The summed E-state index contributed by atoms with van der Waals surface area (Å²) in [6.07, 6.45) is 0. The van der Waals surface area contributed by atoms with Crippen molar-refractivity contribution in [3.05, 3.63) is 164 Å². The monoisotopic (exact) mass is 573 g/mol. The van der Waals surface area contributed by atoms with E-state index in [0.29, 0.717) is 0 Å². The Balaban J connectivity index is 1.30. The maximum absolute atomic E-state index is 2.44. The number of rotatable bonds is 3. The molecule has 0 spiro atoms. The van der Waals surface area contributed by atoms with E-state index in [1.807, 2.05) is 0 Å². The second-order valence-corrected chi connectivity index (χ2v) is 11.8. The molecule has 3 nitrogen and oxygen atoms in total. The molecule has 3 heteroatoms. The molecule has 0 amide bonds. The van der Waals surface area contributed by atoms with E-state index in [2.05, 4.69) is 177 Å². The van der Waals surface area contributed by atoms with Crippen LogP contribution < -0.4 is 0 Å². The van der Waals surface area contributed by atoms with Crippen molar-refractivity contribution in [1.82, 2.24) is 13.7 Å². The van der Waals surface area contributed by atoms with Crippen molar-refractivity contribution in [2.24, 2.45) is 0 Å². The molecule has 10 rings (SSSR count). The van der Waals surface area contributed by atoms with Crippen molar-refractivity contribution >= 4 is 65.4 Å². The normalized spacial score (nSPS) is 12.0. The van der Waals surface area contributed by atoms with E-state index in [1.54, 1.807) is 0 Å². The number of benzene rings is 7. The number of aromatic nitrogens is 3. The van der Waals surface area contributed by atoms with Crippen LogP contribution >= 0.6 is 0 Å². The van der Waals surface area contributed by atoms with Crippen LogP contribution in [-0.4, -0.2) is 13.7 Å². The smallest absolute Gasteiger partial charge is 0.0562 e. The predicted octanol–water partition coefficient (Wildman–Crippen LogP) is 11.0. The molecule has 10 aromatic rings. The third kappa shape index (κ3) is 3.41. The van der Waals surface area contributed by atoms with Gasteiger partial charge in [-0.15, -0.1) is 0 Å². The molecule has 3 aromatic heterocycles. The Kier molecular flexibility index (Phi) is 5.00. The van der Waals surface area contributed by atoms with Crippen molar-refractivity contribution in [2.75, 3.05) is 0 Å². The van der Waals surface area contributed by atoms with Gasteiger partial charge in [-0.2, -0.15) is 0 Å². The number of hydrogen-bond acceptors (Lipinski definition) is 0. The number of hydrogen-bond donors (Lipinski definition) is 0. The van der Waals surface area contributed by atoms with E-state index in [-0.39, 0.29) is 0 Å². The lowest BCUT2D eigenvalue weighted by Gasteiger charge is -2.13. The minimum absolute atomic E-state index is 1.14. The van der Waals surface area contributed by atoms with Gasteiger partial charge in [0.25, 0.3) is 0 Å². The van der Waals surface area contributed by atoms with Gasteiger partial charge in [0.05, 0.1) is 33.1 Å². The first-order chi connectivity index (χ1) is 22.3. The van der Waals surface area contributed by atoms with Gasteiger partial charge in [-0.25, -0.2) is 0 Å². The molecule has 0 bridgehead atoms. The highest BCUT2D eigenvalue weighted by Gasteiger charge is 2.19. The Morgan fingerprint density at radius 3 is 1.07 bits per heavy atom. The summed E-state index contributed by atoms with van der Waals surface area (Å²) in [4.78, 5) is 0. The topological polar surface area (TPSA) is 14.8 Å². The largest absolute Gasteiger partial charge is 0.309 e. The molecular formula is C42H27N3. The van der Waals surface area contributed by atoms with Crippen molar-refractivity contribution in [3.63, 3.8) is 0 Å². The van der Waals surface area contributed by atoms with Crippen LogP contribution in [0.3, 0.4) is 0 Å². The predicted molar refractivity (Wildman–Crippen MR) is 189 cm³/mol. The quantitative estimate of drug-likeness (QED) is 0.200. The summed E-state index contributed by atoms with van der Waals surface area (Å²) in [5.41, 5.74) is 10.7. The van der Waals surface area contributed by atoms with Gasteiger partial charge in [0.1, 0.15) is 0 Å². The molecule has 7 aromatic carbocycles. The molecule has 3 heterocycles. The summed E-state index contributed by atoms with van der Waals surface area (Å²) < 4.78 is 7.24. The van der Waals surface area contributed by atoms with Crippen molar-refractivity contribution < 1.29 is 0 Å². The molecule has 0 N–H and O–H groups in total. The molecule has 210 valence electrons. The minimum Gasteiger partial charge on any atom is -0.309 e. The van der Waals surface area contributed by atoms with Gasteiger partial charge in [-0.3, -0.25) is 0 Å². The van der Waals surface area contributed by atoms with E-state index in [9.17, 15) is 0 Å². The lowest BCUT2D eigenvalue weighted by atomic mass is 10.1. The van der Waals surface area contributed by atoms with Crippen LogP contribution in [0, 0.1) is 0 Å². The third-order valence-electron chi connectivity index (χ3n) is 9.41. The van der Waals surface area contributed by atoms with Crippen LogP contribution in [0.25, 0.3) is 82.5 Å². The highest BCUT2D eigenvalue weighted by molar-refractivity contribution is 6.19. The Morgan fingerprint density at radius 2 is 0.578 bits per heavy atom. The highest BCUT2D eigenvalue weighted by atomic mass is 15.0. The van der Waals surface area contributed by atoms with Crippen LogP contribution in [0.4, 0.5) is 0 Å². The van der Waals surface area contributed by atoms with Crippen molar-refractivity contribution in [1.29, 1.82) is 0 Å². The van der Waals surface area contributed by atoms with Gasteiger partial charge in [0.2, 0.25) is 0 Å². The standard InChI is InChI=1S/C42H27N3/c1-2-13-28(14-3-1)43-39-23-10-6-19-33(39)35-26-36-34-20-7-11-24-40(34)45(42(36)27-41(35)43)30-16-12-15-29(25-30)44-37-21-8-4-17-31(37)32-18-5-9-22-38(32)44/h1-27H. The van der Waals surface area contributed by atoms with E-state index < -0.39 is 0 Å². The summed E-state index contributed by atoms with van der Waals surface area (Å²) in [7, 11) is 0. The molecule has 0 fully saturated rings. The molecule has 0 atom stereocenters. The summed E-state index contributed by atoms with van der Waals surface area (Å²) in [5, 5.41) is 7.59. The average Bonchev–Trinajstić information content (AvgIpc) is 3.73. The maximum atomic E-state index is 2.44. The fourth-order valence-corrected chi connectivity index (χ4v) is 7.54. The zero-order valence-corrected chi connectivity index (χ0v) is 24.4. The first kappa shape index (κ1) is 24.4. The molecule has 0 aliphatic rings. The Hall–Kier alpha value is -6.06. The van der Waals surface area contributed by atoms with Crippen molar-refractivity contribution in [2.45, 2.75) is 0 Å².